The van der Waals surface area contributed by atoms with Crippen molar-refractivity contribution in [2.45, 2.75) is 6.04 Å². The molecular weight excluding hydrogens is 420 g/mol. The largest absolute Gasteiger partial charge is 0.340 e. The van der Waals surface area contributed by atoms with E-state index in [9.17, 15) is 14.4 Å². The number of nitrogens with zero attached hydrogens (tertiary/aromatic N) is 1. The Morgan fingerprint density at radius 1 is 0.939 bits per heavy atom. The quantitative estimate of drug-likeness (QED) is 0.343. The fourth-order valence-corrected chi connectivity index (χ4v) is 4.43. The lowest BCUT2D eigenvalue weighted by atomic mass is 9.99. The molecule has 1 aliphatic rings. The highest BCUT2D eigenvalue weighted by Gasteiger charge is 2.32. The number of aromatic amines is 4. The van der Waals surface area contributed by atoms with E-state index >= 15 is 0 Å². The monoisotopic (exact) mass is 437 g/mol. The molecule has 0 spiro atoms. The zero-order valence-corrected chi connectivity index (χ0v) is 17.1. The van der Waals surface area contributed by atoms with E-state index in [0.717, 1.165) is 50.7 Å². The molecule has 5 N–H and O–H groups in total. The summed E-state index contributed by atoms with van der Waals surface area (Å²) in [5.41, 5.74) is 4.96. The Kier molecular flexibility index (Phi) is 4.09. The number of hydrogen-bond acceptors (Lipinski definition) is 4. The van der Waals surface area contributed by atoms with E-state index in [1.54, 1.807) is 0 Å². The molecule has 3 heterocycles. The summed E-state index contributed by atoms with van der Waals surface area (Å²) >= 11 is 0. The molecule has 160 valence electrons. The molecule has 0 saturated heterocycles. The number of H-pyrrole nitrogens is 4. The van der Waals surface area contributed by atoms with Crippen LogP contribution in [-0.4, -0.2) is 25.8 Å². The normalized spacial score (nSPS) is 14.1. The van der Waals surface area contributed by atoms with Crippen molar-refractivity contribution in [1.29, 1.82) is 0 Å². The van der Waals surface area contributed by atoms with E-state index in [2.05, 4.69) is 25.3 Å². The number of rotatable bonds is 3. The molecule has 0 bridgehead atoms. The third-order valence-electron chi connectivity index (χ3n) is 5.81. The van der Waals surface area contributed by atoms with Gasteiger partial charge in [-0.3, -0.25) is 14.6 Å². The Labute approximate surface area is 185 Å². The molecule has 9 heteroatoms. The van der Waals surface area contributed by atoms with Crippen LogP contribution in [-0.2, 0) is 0 Å². The van der Waals surface area contributed by atoms with Gasteiger partial charge in [-0.05, 0) is 22.3 Å². The van der Waals surface area contributed by atoms with Crippen LogP contribution in [0.3, 0.4) is 0 Å². The number of carbonyl (C=O) groups excluding carboxylic acids is 1. The first kappa shape index (κ1) is 18.9. The molecule has 9 nitrogen and oxygen atoms in total. The number of imidazole rings is 1. The lowest BCUT2D eigenvalue weighted by molar-refractivity contribution is -0.376. The van der Waals surface area contributed by atoms with Crippen molar-refractivity contribution in [2.75, 3.05) is 0 Å². The van der Waals surface area contributed by atoms with E-state index in [-0.39, 0.29) is 5.69 Å². The van der Waals surface area contributed by atoms with Crippen molar-refractivity contribution in [3.05, 3.63) is 105 Å². The fourth-order valence-electron chi connectivity index (χ4n) is 4.43. The van der Waals surface area contributed by atoms with Gasteiger partial charge in [0, 0.05) is 17.7 Å². The van der Waals surface area contributed by atoms with Gasteiger partial charge in [0.05, 0.1) is 6.04 Å². The van der Waals surface area contributed by atoms with Gasteiger partial charge in [-0.2, -0.15) is 0 Å². The van der Waals surface area contributed by atoms with Gasteiger partial charge in [0.2, 0.25) is 0 Å². The minimum absolute atomic E-state index is 0.0978. The van der Waals surface area contributed by atoms with Gasteiger partial charge < -0.3 is 15.3 Å². The third-order valence-corrected chi connectivity index (χ3v) is 5.81. The van der Waals surface area contributed by atoms with Gasteiger partial charge in [0.15, 0.2) is 12.4 Å². The average molecular weight is 437 g/mol. The molecule has 2 aromatic carbocycles. The van der Waals surface area contributed by atoms with E-state index < -0.39 is 23.2 Å². The summed E-state index contributed by atoms with van der Waals surface area (Å²) in [4.78, 5) is 51.8. The molecule has 1 unspecified atom stereocenters. The van der Waals surface area contributed by atoms with Crippen LogP contribution in [0.2, 0.25) is 0 Å². The first-order valence-corrected chi connectivity index (χ1v) is 10.3. The van der Waals surface area contributed by atoms with Crippen molar-refractivity contribution in [1.82, 2.24) is 25.3 Å². The molecule has 0 aliphatic heterocycles. The predicted molar refractivity (Wildman–Crippen MR) is 121 cm³/mol. The molecule has 1 atom stereocenters. The standard InChI is InChI=1S/C24H16N6O3/c31-19-10-17(28-24(33)29-19)23(32)30-21-13-5-2-1-4-12(13)20-14(21)6-3-7-15(20)22-26-16-8-9-25-11-18(16)27-22/h1-11,21H,(H,26,27)(H,30,32)(H2,28,29,31,33)/p+1. The Morgan fingerprint density at radius 2 is 1.76 bits per heavy atom. The van der Waals surface area contributed by atoms with Crippen LogP contribution in [0.1, 0.15) is 27.7 Å². The van der Waals surface area contributed by atoms with Gasteiger partial charge in [0.25, 0.3) is 11.5 Å². The third kappa shape index (κ3) is 3.06. The Morgan fingerprint density at radius 3 is 2.61 bits per heavy atom. The van der Waals surface area contributed by atoms with Gasteiger partial charge >= 0.3 is 5.69 Å². The van der Waals surface area contributed by atoms with Crippen molar-refractivity contribution < 1.29 is 9.78 Å². The summed E-state index contributed by atoms with van der Waals surface area (Å²) in [5, 5.41) is 2.97. The number of aromatic nitrogens is 5. The maximum atomic E-state index is 12.9. The molecule has 3 aromatic heterocycles. The molecule has 0 saturated carbocycles. The van der Waals surface area contributed by atoms with Crippen LogP contribution in [0.15, 0.2) is 76.6 Å². The minimum atomic E-state index is -0.732. The second kappa shape index (κ2) is 7.13. The number of hydrogen-bond donors (Lipinski definition) is 4. The lowest BCUT2D eigenvalue weighted by Crippen LogP contribution is -2.33. The molecular formula is C24H17N6O3+. The topological polar surface area (TPSA) is 138 Å². The van der Waals surface area contributed by atoms with E-state index in [4.69, 9.17) is 4.98 Å². The van der Waals surface area contributed by atoms with Crippen molar-refractivity contribution >= 4 is 16.9 Å². The molecule has 0 radical (unpaired) electrons. The van der Waals surface area contributed by atoms with Crippen LogP contribution < -0.4 is 21.5 Å². The number of fused-ring (bicyclic) bond motifs is 4. The summed E-state index contributed by atoms with van der Waals surface area (Å²) in [6.07, 6.45) is 3.68. The SMILES string of the molecule is O=C(NC1c2ccccc2-c2c(-c3nc4cc[nH+]cc4[nH]3)cccc21)c1cc(=O)[nH]c(=O)[nH]1. The maximum Gasteiger partial charge on any atom is 0.326 e. The number of benzene rings is 2. The zero-order valence-electron chi connectivity index (χ0n) is 17.1. The minimum Gasteiger partial charge on any atom is -0.340 e. The highest BCUT2D eigenvalue weighted by atomic mass is 16.2. The van der Waals surface area contributed by atoms with Gasteiger partial charge in [0.1, 0.15) is 22.6 Å². The summed E-state index contributed by atoms with van der Waals surface area (Å²) in [5.74, 6) is 0.178. The zero-order chi connectivity index (χ0) is 22.5. The molecule has 6 rings (SSSR count). The lowest BCUT2D eigenvalue weighted by Gasteiger charge is -2.16. The average Bonchev–Trinajstić information content (AvgIpc) is 3.38. The van der Waals surface area contributed by atoms with Crippen LogP contribution in [0, 0.1) is 0 Å². The Bertz CT molecular complexity index is 1620. The molecule has 1 aliphatic carbocycles. The highest BCUT2D eigenvalue weighted by molar-refractivity contribution is 5.96. The summed E-state index contributed by atoms with van der Waals surface area (Å²) < 4.78 is 0. The van der Waals surface area contributed by atoms with Crippen molar-refractivity contribution in [2.24, 2.45) is 0 Å². The number of carbonyl (C=O) groups is 1. The molecule has 33 heavy (non-hydrogen) atoms. The van der Waals surface area contributed by atoms with Crippen LogP contribution in [0.5, 0.6) is 0 Å². The van der Waals surface area contributed by atoms with Gasteiger partial charge in [-0.1, -0.05) is 42.5 Å². The summed E-state index contributed by atoms with van der Waals surface area (Å²) in [6.45, 7) is 0. The second-order valence-corrected chi connectivity index (χ2v) is 7.79. The number of amides is 1. The maximum absolute atomic E-state index is 12.9. The van der Waals surface area contributed by atoms with E-state index in [0.29, 0.717) is 0 Å². The Hall–Kier alpha value is -4.79. The number of nitrogens with one attached hydrogen (secondary N) is 5. The van der Waals surface area contributed by atoms with E-state index in [1.165, 1.54) is 0 Å². The van der Waals surface area contributed by atoms with Crippen LogP contribution >= 0.6 is 0 Å². The van der Waals surface area contributed by atoms with E-state index in [1.807, 2.05) is 60.9 Å². The summed E-state index contributed by atoms with van der Waals surface area (Å²) in [7, 11) is 0. The smallest absolute Gasteiger partial charge is 0.326 e. The molecule has 1 amide bonds. The first-order chi connectivity index (χ1) is 16.1. The second-order valence-electron chi connectivity index (χ2n) is 7.79. The Balaban J connectivity index is 1.49. The molecule has 0 fully saturated rings. The van der Waals surface area contributed by atoms with Crippen molar-refractivity contribution in [3.8, 4) is 22.5 Å². The molecule has 5 aromatic rings. The van der Waals surface area contributed by atoms with Crippen molar-refractivity contribution in [3.63, 3.8) is 0 Å². The highest BCUT2D eigenvalue weighted by Crippen LogP contribution is 2.47. The van der Waals surface area contributed by atoms with Crippen LogP contribution in [0.4, 0.5) is 0 Å². The predicted octanol–water partition coefficient (Wildman–Crippen LogP) is 1.92. The number of pyridine rings is 1. The first-order valence-electron chi connectivity index (χ1n) is 10.3. The van der Waals surface area contributed by atoms with Gasteiger partial charge in [-0.15, -0.1) is 0 Å². The fraction of sp³-hybridized carbons (Fsp3) is 0.0417. The summed E-state index contributed by atoms with van der Waals surface area (Å²) in [6, 6.07) is 16.2. The van der Waals surface area contributed by atoms with Gasteiger partial charge in [-0.25, -0.2) is 14.8 Å². The van der Waals surface area contributed by atoms with Crippen LogP contribution in [0.25, 0.3) is 33.5 Å².